The van der Waals surface area contributed by atoms with E-state index in [2.05, 4.69) is 9.38 Å². The van der Waals surface area contributed by atoms with Crippen LogP contribution in [-0.4, -0.2) is 22.0 Å². The van der Waals surface area contributed by atoms with Crippen molar-refractivity contribution in [1.82, 2.24) is 9.38 Å². The summed E-state index contributed by atoms with van der Waals surface area (Å²) in [5, 5.41) is 0.697. The highest BCUT2D eigenvalue weighted by Crippen LogP contribution is 2.26. The zero-order chi connectivity index (χ0) is 18.8. The first-order valence-electron chi connectivity index (χ1n) is 8.66. The van der Waals surface area contributed by atoms with Gasteiger partial charge in [0.25, 0.3) is 0 Å². The summed E-state index contributed by atoms with van der Waals surface area (Å²) >= 11 is 5.98. The number of nitrogens with zero attached hydrogens (tertiary/aromatic N) is 2. The Labute approximate surface area is 162 Å². The first-order chi connectivity index (χ1) is 13.2. The Morgan fingerprint density at radius 2 is 1.70 bits per heavy atom. The van der Waals surface area contributed by atoms with E-state index in [-0.39, 0.29) is 5.97 Å². The summed E-state index contributed by atoms with van der Waals surface area (Å²) in [6.45, 7) is 2.16. The maximum absolute atomic E-state index is 11.8. The Bertz CT molecular complexity index is 1100. The molecule has 2 aromatic heterocycles. The molecule has 27 heavy (non-hydrogen) atoms. The third-order valence-electron chi connectivity index (χ3n) is 4.37. The van der Waals surface area contributed by atoms with Gasteiger partial charge in [0.1, 0.15) is 0 Å². The van der Waals surface area contributed by atoms with E-state index in [0.29, 0.717) is 17.2 Å². The number of rotatable bonds is 4. The number of halogens is 1. The lowest BCUT2D eigenvalue weighted by atomic mass is 10.1. The Hall–Kier alpha value is -3.11. The predicted molar refractivity (Wildman–Crippen MR) is 107 cm³/mol. The van der Waals surface area contributed by atoms with Crippen molar-refractivity contribution in [2.75, 3.05) is 6.61 Å². The van der Waals surface area contributed by atoms with E-state index in [0.717, 1.165) is 28.0 Å². The third kappa shape index (κ3) is 3.44. The lowest BCUT2D eigenvalue weighted by molar-refractivity contribution is 0.0526. The van der Waals surface area contributed by atoms with E-state index in [1.54, 1.807) is 19.1 Å². The molecule has 0 saturated carbocycles. The molecule has 5 heteroatoms. The predicted octanol–water partition coefficient (Wildman–Crippen LogP) is 5.50. The normalized spacial score (nSPS) is 10.9. The summed E-state index contributed by atoms with van der Waals surface area (Å²) < 4.78 is 7.13. The SMILES string of the molecule is CCOC(=O)c1ccc(-c2ccc3cnc(-c4ccc(Cl)cc4)cn23)cc1. The minimum Gasteiger partial charge on any atom is -0.462 e. The number of carbonyl (C=O) groups is 1. The van der Waals surface area contributed by atoms with Gasteiger partial charge in [-0.1, -0.05) is 35.9 Å². The molecule has 0 radical (unpaired) electrons. The first-order valence-corrected chi connectivity index (χ1v) is 9.04. The molecule has 0 aliphatic carbocycles. The second kappa shape index (κ2) is 7.25. The topological polar surface area (TPSA) is 43.6 Å². The maximum Gasteiger partial charge on any atom is 0.338 e. The van der Waals surface area contributed by atoms with Crippen molar-refractivity contribution < 1.29 is 9.53 Å². The second-order valence-corrected chi connectivity index (χ2v) is 6.53. The number of hydrogen-bond acceptors (Lipinski definition) is 3. The smallest absolute Gasteiger partial charge is 0.338 e. The van der Waals surface area contributed by atoms with Crippen LogP contribution in [0.5, 0.6) is 0 Å². The fourth-order valence-corrected chi connectivity index (χ4v) is 3.13. The largest absolute Gasteiger partial charge is 0.462 e. The van der Waals surface area contributed by atoms with Gasteiger partial charge in [0, 0.05) is 16.8 Å². The van der Waals surface area contributed by atoms with E-state index in [1.807, 2.05) is 60.9 Å². The molecule has 0 saturated heterocycles. The maximum atomic E-state index is 11.8. The van der Waals surface area contributed by atoms with Gasteiger partial charge in [-0.2, -0.15) is 0 Å². The molecule has 0 aliphatic heterocycles. The highest BCUT2D eigenvalue weighted by molar-refractivity contribution is 6.30. The van der Waals surface area contributed by atoms with Crippen LogP contribution in [0.2, 0.25) is 5.02 Å². The minimum absolute atomic E-state index is 0.307. The number of fused-ring (bicyclic) bond motifs is 1. The molecule has 0 unspecified atom stereocenters. The molecule has 0 N–H and O–H groups in total. The van der Waals surface area contributed by atoms with Crippen LogP contribution in [0, 0.1) is 0 Å². The Balaban J connectivity index is 1.73. The van der Waals surface area contributed by atoms with Gasteiger partial charge in [0.05, 0.1) is 35.3 Å². The average Bonchev–Trinajstić information content (AvgIpc) is 3.12. The molecule has 0 amide bonds. The number of benzene rings is 2. The van der Waals surface area contributed by atoms with E-state index >= 15 is 0 Å². The summed E-state index contributed by atoms with van der Waals surface area (Å²) in [5.41, 5.74) is 5.44. The lowest BCUT2D eigenvalue weighted by Crippen LogP contribution is -2.04. The molecular formula is C22H17ClN2O2. The molecule has 0 aliphatic rings. The summed E-state index contributed by atoms with van der Waals surface area (Å²) in [5.74, 6) is -0.307. The first kappa shape index (κ1) is 17.3. The quantitative estimate of drug-likeness (QED) is 0.442. The standard InChI is InChI=1S/C22H17ClN2O2/c1-2-27-22(26)17-5-3-16(4-6-17)21-12-11-19-13-24-20(14-25(19)21)15-7-9-18(23)10-8-15/h3-14H,2H2,1H3. The Kier molecular flexibility index (Phi) is 4.65. The van der Waals surface area contributed by atoms with Gasteiger partial charge in [-0.25, -0.2) is 4.79 Å². The Morgan fingerprint density at radius 1 is 1.00 bits per heavy atom. The highest BCUT2D eigenvalue weighted by atomic mass is 35.5. The van der Waals surface area contributed by atoms with Gasteiger partial charge >= 0.3 is 5.97 Å². The lowest BCUT2D eigenvalue weighted by Gasteiger charge is -2.07. The molecule has 0 fully saturated rings. The molecule has 0 bridgehead atoms. The minimum atomic E-state index is -0.307. The van der Waals surface area contributed by atoms with Crippen molar-refractivity contribution in [2.45, 2.75) is 6.92 Å². The molecule has 134 valence electrons. The molecule has 4 aromatic rings. The van der Waals surface area contributed by atoms with Crippen LogP contribution in [0.15, 0.2) is 73.1 Å². The van der Waals surface area contributed by atoms with Crippen molar-refractivity contribution in [2.24, 2.45) is 0 Å². The van der Waals surface area contributed by atoms with Crippen molar-refractivity contribution >= 4 is 23.1 Å². The van der Waals surface area contributed by atoms with E-state index in [9.17, 15) is 4.79 Å². The fraction of sp³-hybridized carbons (Fsp3) is 0.0909. The van der Waals surface area contributed by atoms with E-state index < -0.39 is 0 Å². The second-order valence-electron chi connectivity index (χ2n) is 6.09. The molecule has 4 rings (SSSR count). The Morgan fingerprint density at radius 3 is 2.41 bits per heavy atom. The molecule has 0 atom stereocenters. The van der Waals surface area contributed by atoms with Crippen LogP contribution in [0.25, 0.3) is 28.0 Å². The van der Waals surface area contributed by atoms with Gasteiger partial charge in [0.2, 0.25) is 0 Å². The van der Waals surface area contributed by atoms with Crippen molar-refractivity contribution in [3.8, 4) is 22.5 Å². The van der Waals surface area contributed by atoms with Gasteiger partial charge in [-0.05, 0) is 48.9 Å². The van der Waals surface area contributed by atoms with Gasteiger partial charge < -0.3 is 9.14 Å². The number of esters is 1. The molecule has 4 nitrogen and oxygen atoms in total. The van der Waals surface area contributed by atoms with Crippen LogP contribution < -0.4 is 0 Å². The van der Waals surface area contributed by atoms with Crippen molar-refractivity contribution in [1.29, 1.82) is 0 Å². The summed E-state index contributed by atoms with van der Waals surface area (Å²) in [4.78, 5) is 16.4. The van der Waals surface area contributed by atoms with Crippen LogP contribution in [-0.2, 0) is 4.74 Å². The highest BCUT2D eigenvalue weighted by Gasteiger charge is 2.10. The molecule has 2 aromatic carbocycles. The number of carbonyl (C=O) groups excluding carboxylic acids is 1. The molecule has 2 heterocycles. The third-order valence-corrected chi connectivity index (χ3v) is 4.62. The van der Waals surface area contributed by atoms with Crippen LogP contribution in [0.4, 0.5) is 0 Å². The average molecular weight is 377 g/mol. The van der Waals surface area contributed by atoms with Gasteiger partial charge in [0.15, 0.2) is 0 Å². The number of ether oxygens (including phenoxy) is 1. The van der Waals surface area contributed by atoms with E-state index in [1.165, 1.54) is 0 Å². The zero-order valence-corrected chi connectivity index (χ0v) is 15.5. The van der Waals surface area contributed by atoms with Crippen LogP contribution in [0.1, 0.15) is 17.3 Å². The van der Waals surface area contributed by atoms with Gasteiger partial charge in [-0.3, -0.25) is 4.98 Å². The monoisotopic (exact) mass is 376 g/mol. The van der Waals surface area contributed by atoms with Crippen molar-refractivity contribution in [3.05, 3.63) is 83.6 Å². The summed E-state index contributed by atoms with van der Waals surface area (Å²) in [7, 11) is 0. The summed E-state index contributed by atoms with van der Waals surface area (Å²) in [6, 6.07) is 19.1. The number of hydrogen-bond donors (Lipinski definition) is 0. The molecular weight excluding hydrogens is 360 g/mol. The van der Waals surface area contributed by atoms with Crippen LogP contribution in [0.3, 0.4) is 0 Å². The van der Waals surface area contributed by atoms with Crippen molar-refractivity contribution in [3.63, 3.8) is 0 Å². The van der Waals surface area contributed by atoms with Crippen LogP contribution >= 0.6 is 11.6 Å². The van der Waals surface area contributed by atoms with E-state index in [4.69, 9.17) is 16.3 Å². The number of aromatic nitrogens is 2. The zero-order valence-electron chi connectivity index (χ0n) is 14.7. The summed E-state index contributed by atoms with van der Waals surface area (Å²) in [6.07, 6.45) is 3.85. The van der Waals surface area contributed by atoms with Gasteiger partial charge in [-0.15, -0.1) is 0 Å². The molecule has 0 spiro atoms. The fourth-order valence-electron chi connectivity index (χ4n) is 3.00.